The van der Waals surface area contributed by atoms with Crippen LogP contribution >= 0.6 is 0 Å². The molecule has 0 radical (unpaired) electrons. The summed E-state index contributed by atoms with van der Waals surface area (Å²) in [6, 6.07) is 1.61. The zero-order valence-electron chi connectivity index (χ0n) is 9.92. The van der Waals surface area contributed by atoms with Crippen LogP contribution in [0.1, 0.15) is 24.3 Å². The molecule has 0 aliphatic rings. The molecule has 94 valence electrons. The molecule has 0 saturated heterocycles. The van der Waals surface area contributed by atoms with Crippen LogP contribution in [0.25, 0.3) is 0 Å². The number of amides is 1. The number of aromatic nitrogens is 2. The van der Waals surface area contributed by atoms with E-state index in [1.54, 1.807) is 17.9 Å². The number of hydrogen-bond acceptors (Lipinski definition) is 4. The molecule has 17 heavy (non-hydrogen) atoms. The number of nitrogens with zero attached hydrogens (tertiary/aromatic N) is 3. The number of oxime groups is 1. The minimum absolute atomic E-state index is 0.112. The number of carbonyl (C=O) groups is 1. The van der Waals surface area contributed by atoms with E-state index in [4.69, 9.17) is 10.9 Å². The third-order valence-corrected chi connectivity index (χ3v) is 2.51. The Labute approximate surface area is 99.3 Å². The van der Waals surface area contributed by atoms with Crippen molar-refractivity contribution in [3.63, 3.8) is 0 Å². The fraction of sp³-hybridized carbons (Fsp3) is 0.500. The van der Waals surface area contributed by atoms with E-state index in [0.29, 0.717) is 18.8 Å². The Hall–Kier alpha value is -2.05. The Kier molecular flexibility index (Phi) is 4.50. The second kappa shape index (κ2) is 5.88. The van der Waals surface area contributed by atoms with Gasteiger partial charge in [-0.15, -0.1) is 0 Å². The monoisotopic (exact) mass is 239 g/mol. The number of amidine groups is 1. The molecule has 1 aromatic heterocycles. The van der Waals surface area contributed by atoms with Crippen molar-refractivity contribution in [3.05, 3.63) is 18.0 Å². The van der Waals surface area contributed by atoms with E-state index in [2.05, 4.69) is 15.4 Å². The molecule has 0 aromatic carbocycles. The van der Waals surface area contributed by atoms with Gasteiger partial charge in [0.2, 0.25) is 0 Å². The first-order valence-corrected chi connectivity index (χ1v) is 5.36. The molecule has 1 atom stereocenters. The molecule has 1 heterocycles. The zero-order valence-corrected chi connectivity index (χ0v) is 9.92. The number of nitrogens with two attached hydrogens (primary N) is 1. The first-order chi connectivity index (χ1) is 8.10. The van der Waals surface area contributed by atoms with Gasteiger partial charge in [0.05, 0.1) is 0 Å². The van der Waals surface area contributed by atoms with Crippen LogP contribution in [0, 0.1) is 5.92 Å². The van der Waals surface area contributed by atoms with Crippen LogP contribution in [0.5, 0.6) is 0 Å². The molecule has 0 aliphatic carbocycles. The molecule has 0 saturated carbocycles. The van der Waals surface area contributed by atoms with E-state index in [1.165, 1.54) is 6.20 Å². The van der Waals surface area contributed by atoms with Crippen molar-refractivity contribution in [3.8, 4) is 0 Å². The summed E-state index contributed by atoms with van der Waals surface area (Å²) in [5, 5.41) is 17.8. The topological polar surface area (TPSA) is 108 Å². The highest BCUT2D eigenvalue weighted by atomic mass is 16.4. The molecular weight excluding hydrogens is 222 g/mol. The van der Waals surface area contributed by atoms with Gasteiger partial charge in [-0.1, -0.05) is 12.1 Å². The van der Waals surface area contributed by atoms with Gasteiger partial charge in [0.1, 0.15) is 11.5 Å². The first kappa shape index (κ1) is 13.0. The molecule has 0 aliphatic heterocycles. The van der Waals surface area contributed by atoms with Crippen molar-refractivity contribution in [2.45, 2.75) is 13.8 Å². The first-order valence-electron chi connectivity index (χ1n) is 5.36. The lowest BCUT2D eigenvalue weighted by molar-refractivity contribution is 0.0748. The molecule has 1 rings (SSSR count). The maximum Gasteiger partial charge on any atom is 0.271 e. The Morgan fingerprint density at radius 3 is 2.94 bits per heavy atom. The molecule has 1 unspecified atom stereocenters. The maximum absolute atomic E-state index is 12.0. The van der Waals surface area contributed by atoms with Gasteiger partial charge in [0.25, 0.3) is 5.91 Å². The number of carbonyl (C=O) groups excluding carboxylic acids is 1. The third kappa shape index (κ3) is 3.20. The standard InChI is InChI=1S/C10H17N5O2/c1-3-15(6-7(2)9(11)14-17)10(16)8-4-5-12-13-8/h4-5,7,17H,3,6H2,1-2H3,(H2,11,14)(H,12,13). The van der Waals surface area contributed by atoms with Gasteiger partial charge in [-0.2, -0.15) is 5.10 Å². The van der Waals surface area contributed by atoms with Gasteiger partial charge in [-0.3, -0.25) is 9.89 Å². The molecule has 7 heteroatoms. The second-order valence-corrected chi connectivity index (χ2v) is 3.74. The third-order valence-electron chi connectivity index (χ3n) is 2.51. The summed E-state index contributed by atoms with van der Waals surface area (Å²) in [6.45, 7) is 4.59. The Bertz CT molecular complexity index is 387. The summed E-state index contributed by atoms with van der Waals surface area (Å²) in [5.41, 5.74) is 5.91. The van der Waals surface area contributed by atoms with Gasteiger partial charge in [-0.25, -0.2) is 0 Å². The SMILES string of the molecule is CCN(CC(C)C(N)=NO)C(=O)c1ccn[nH]1. The van der Waals surface area contributed by atoms with Crippen molar-refractivity contribution in [1.82, 2.24) is 15.1 Å². The summed E-state index contributed by atoms with van der Waals surface area (Å²) in [6.07, 6.45) is 1.52. The maximum atomic E-state index is 12.0. The van der Waals surface area contributed by atoms with Crippen LogP contribution in [0.15, 0.2) is 17.4 Å². The molecule has 0 bridgehead atoms. The van der Waals surface area contributed by atoms with E-state index < -0.39 is 0 Å². The largest absolute Gasteiger partial charge is 0.409 e. The summed E-state index contributed by atoms with van der Waals surface area (Å²) >= 11 is 0. The molecule has 7 nitrogen and oxygen atoms in total. The Morgan fingerprint density at radius 1 is 1.76 bits per heavy atom. The van der Waals surface area contributed by atoms with E-state index >= 15 is 0 Å². The number of aromatic amines is 1. The fourth-order valence-electron chi connectivity index (χ4n) is 1.42. The van der Waals surface area contributed by atoms with Crippen LogP contribution in [0.3, 0.4) is 0 Å². The lowest BCUT2D eigenvalue weighted by Gasteiger charge is -2.23. The van der Waals surface area contributed by atoms with Crippen molar-refractivity contribution in [1.29, 1.82) is 0 Å². The smallest absolute Gasteiger partial charge is 0.271 e. The Balaban J connectivity index is 2.69. The predicted octanol–water partition coefficient (Wildman–Crippen LogP) is 0.254. The highest BCUT2D eigenvalue weighted by molar-refractivity contribution is 5.92. The molecule has 4 N–H and O–H groups in total. The van der Waals surface area contributed by atoms with E-state index in [9.17, 15) is 4.79 Å². The molecule has 1 aromatic rings. The fourth-order valence-corrected chi connectivity index (χ4v) is 1.42. The highest BCUT2D eigenvalue weighted by Crippen LogP contribution is 2.05. The van der Waals surface area contributed by atoms with Crippen molar-refractivity contribution in [2.75, 3.05) is 13.1 Å². The van der Waals surface area contributed by atoms with Crippen LogP contribution < -0.4 is 5.73 Å². The van der Waals surface area contributed by atoms with E-state index in [-0.39, 0.29) is 17.7 Å². The Morgan fingerprint density at radius 2 is 2.47 bits per heavy atom. The van der Waals surface area contributed by atoms with Crippen LogP contribution in [0.4, 0.5) is 0 Å². The quantitative estimate of drug-likeness (QED) is 0.296. The molecule has 0 spiro atoms. The van der Waals surface area contributed by atoms with Gasteiger partial charge < -0.3 is 15.8 Å². The van der Waals surface area contributed by atoms with Crippen molar-refractivity contribution < 1.29 is 10.0 Å². The van der Waals surface area contributed by atoms with E-state index in [1.807, 2.05) is 6.92 Å². The highest BCUT2D eigenvalue weighted by Gasteiger charge is 2.19. The normalized spacial score (nSPS) is 13.4. The lowest BCUT2D eigenvalue weighted by Crippen LogP contribution is -2.38. The minimum atomic E-state index is -0.202. The van der Waals surface area contributed by atoms with Crippen molar-refractivity contribution in [2.24, 2.45) is 16.8 Å². The van der Waals surface area contributed by atoms with Gasteiger partial charge in [-0.05, 0) is 13.0 Å². The number of rotatable bonds is 5. The number of H-pyrrole nitrogens is 1. The second-order valence-electron chi connectivity index (χ2n) is 3.74. The zero-order chi connectivity index (χ0) is 12.8. The summed E-state index contributed by atoms with van der Waals surface area (Å²) in [4.78, 5) is 13.6. The average molecular weight is 239 g/mol. The van der Waals surface area contributed by atoms with Crippen LogP contribution in [0.2, 0.25) is 0 Å². The number of hydrogen-bond donors (Lipinski definition) is 3. The summed E-state index contributed by atoms with van der Waals surface area (Å²) in [5.74, 6) is -0.240. The van der Waals surface area contributed by atoms with Crippen LogP contribution in [-0.2, 0) is 0 Å². The molecular formula is C10H17N5O2. The van der Waals surface area contributed by atoms with Crippen molar-refractivity contribution >= 4 is 11.7 Å². The summed E-state index contributed by atoms with van der Waals surface area (Å²) in [7, 11) is 0. The summed E-state index contributed by atoms with van der Waals surface area (Å²) < 4.78 is 0. The van der Waals surface area contributed by atoms with Gasteiger partial charge in [0.15, 0.2) is 0 Å². The van der Waals surface area contributed by atoms with Gasteiger partial charge >= 0.3 is 0 Å². The lowest BCUT2D eigenvalue weighted by atomic mass is 10.1. The predicted molar refractivity (Wildman–Crippen MR) is 62.7 cm³/mol. The molecule has 1 amide bonds. The van der Waals surface area contributed by atoms with E-state index in [0.717, 1.165) is 0 Å². The minimum Gasteiger partial charge on any atom is -0.409 e. The molecule has 0 fully saturated rings. The number of nitrogens with one attached hydrogen (secondary N) is 1. The van der Waals surface area contributed by atoms with Gasteiger partial charge in [0, 0.05) is 25.2 Å². The van der Waals surface area contributed by atoms with Crippen LogP contribution in [-0.4, -0.2) is 45.1 Å². The average Bonchev–Trinajstić information content (AvgIpc) is 2.87.